The molecule has 0 aliphatic rings. The highest BCUT2D eigenvalue weighted by Gasteiger charge is 2.21. The first-order valence-electron chi connectivity index (χ1n) is 8.56. The first-order valence-corrected chi connectivity index (χ1v) is 9.44. The van der Waals surface area contributed by atoms with Crippen molar-refractivity contribution in [3.05, 3.63) is 60.2 Å². The number of aromatic nitrogens is 4. The van der Waals surface area contributed by atoms with Gasteiger partial charge in [0.25, 0.3) is 0 Å². The molecule has 1 atom stereocenters. The van der Waals surface area contributed by atoms with Crippen LogP contribution in [0.1, 0.15) is 18.9 Å². The number of imidazole rings is 1. The van der Waals surface area contributed by atoms with E-state index in [9.17, 15) is 4.79 Å². The third-order valence-corrected chi connectivity index (χ3v) is 5.54. The summed E-state index contributed by atoms with van der Waals surface area (Å²) >= 11 is 1.46. The van der Waals surface area contributed by atoms with Crippen LogP contribution in [-0.2, 0) is 11.3 Å². The molecule has 4 aromatic rings. The van der Waals surface area contributed by atoms with Gasteiger partial charge in [0.05, 0.1) is 16.3 Å². The summed E-state index contributed by atoms with van der Waals surface area (Å²) in [7, 11) is 0. The largest absolute Gasteiger partial charge is 0.351 e. The summed E-state index contributed by atoms with van der Waals surface area (Å²) in [5, 5.41) is 10.9. The van der Waals surface area contributed by atoms with Crippen LogP contribution in [0.3, 0.4) is 0 Å². The molecule has 0 aliphatic carbocycles. The molecule has 0 saturated heterocycles. The molecule has 2 aromatic carbocycles. The number of rotatable bonds is 6. The van der Waals surface area contributed by atoms with Crippen LogP contribution < -0.4 is 5.32 Å². The zero-order chi connectivity index (χ0) is 17.9. The van der Waals surface area contributed by atoms with Crippen LogP contribution in [0.5, 0.6) is 0 Å². The zero-order valence-electron chi connectivity index (χ0n) is 14.3. The topological polar surface area (TPSA) is 75.1 Å². The van der Waals surface area contributed by atoms with E-state index in [4.69, 9.17) is 0 Å². The van der Waals surface area contributed by atoms with Gasteiger partial charge >= 0.3 is 0 Å². The van der Waals surface area contributed by atoms with Crippen LogP contribution in [0.2, 0.25) is 0 Å². The van der Waals surface area contributed by atoms with E-state index in [2.05, 4.69) is 20.5 Å². The van der Waals surface area contributed by atoms with Gasteiger partial charge in [0, 0.05) is 6.54 Å². The molecule has 0 saturated carbocycles. The van der Waals surface area contributed by atoms with E-state index in [0.717, 1.165) is 21.8 Å². The lowest BCUT2D eigenvalue weighted by atomic mass is 10.2. The number of nitrogens with one attached hydrogen (secondary N) is 2. The first-order chi connectivity index (χ1) is 12.8. The average Bonchev–Trinajstić information content (AvgIpc) is 3.24. The third kappa shape index (κ3) is 3.17. The monoisotopic (exact) mass is 365 g/mol. The Morgan fingerprint density at radius 1 is 1.19 bits per heavy atom. The molecule has 7 heteroatoms. The Bertz CT molecular complexity index is 1040. The summed E-state index contributed by atoms with van der Waals surface area (Å²) in [5.41, 5.74) is 2.98. The van der Waals surface area contributed by atoms with Crippen molar-refractivity contribution < 1.29 is 4.79 Å². The molecule has 4 rings (SSSR count). The maximum Gasteiger partial charge on any atom is 0.233 e. The molecule has 6 nitrogen and oxygen atoms in total. The third-order valence-electron chi connectivity index (χ3n) is 4.22. The van der Waals surface area contributed by atoms with Gasteiger partial charge in [-0.15, -0.1) is 5.10 Å². The fourth-order valence-electron chi connectivity index (χ4n) is 2.87. The van der Waals surface area contributed by atoms with Crippen LogP contribution in [-0.4, -0.2) is 30.7 Å². The lowest BCUT2D eigenvalue weighted by molar-refractivity contribution is -0.120. The molecule has 0 spiro atoms. The maximum absolute atomic E-state index is 12.6. The number of fused-ring (bicyclic) bond motifs is 3. The van der Waals surface area contributed by atoms with Gasteiger partial charge in [-0.05, 0) is 24.1 Å². The highest BCUT2D eigenvalue weighted by molar-refractivity contribution is 8.00. The molecular formula is C19H19N5OS. The molecule has 2 N–H and O–H groups in total. The molecule has 26 heavy (non-hydrogen) atoms. The number of carbonyl (C=O) groups is 1. The summed E-state index contributed by atoms with van der Waals surface area (Å²) in [6.45, 7) is 2.54. The van der Waals surface area contributed by atoms with E-state index in [1.165, 1.54) is 11.8 Å². The Morgan fingerprint density at radius 3 is 2.77 bits per heavy atom. The van der Waals surface area contributed by atoms with Crippen molar-refractivity contribution in [1.29, 1.82) is 0 Å². The smallest absolute Gasteiger partial charge is 0.233 e. The van der Waals surface area contributed by atoms with E-state index in [1.807, 2.05) is 65.9 Å². The van der Waals surface area contributed by atoms with Gasteiger partial charge in [-0.2, -0.15) is 0 Å². The number of H-pyrrole nitrogens is 1. The Hall–Kier alpha value is -2.80. The van der Waals surface area contributed by atoms with Crippen LogP contribution in [0.15, 0.2) is 59.8 Å². The molecule has 0 unspecified atom stereocenters. The number of aromatic amines is 1. The summed E-state index contributed by atoms with van der Waals surface area (Å²) in [6, 6.07) is 17.8. The van der Waals surface area contributed by atoms with Crippen LogP contribution >= 0.6 is 11.8 Å². The van der Waals surface area contributed by atoms with E-state index in [1.54, 1.807) is 0 Å². The fraction of sp³-hybridized carbons (Fsp3) is 0.211. The lowest BCUT2D eigenvalue weighted by Crippen LogP contribution is -2.32. The molecule has 0 bridgehead atoms. The van der Waals surface area contributed by atoms with Crippen LogP contribution in [0.4, 0.5) is 0 Å². The Kier molecular flexibility index (Phi) is 4.62. The predicted octanol–water partition coefficient (Wildman–Crippen LogP) is 3.40. The minimum Gasteiger partial charge on any atom is -0.351 e. The Labute approximate surface area is 155 Å². The number of hydrogen-bond acceptors (Lipinski definition) is 4. The van der Waals surface area contributed by atoms with Crippen LogP contribution in [0.25, 0.3) is 16.8 Å². The van der Waals surface area contributed by atoms with Crippen molar-refractivity contribution in [1.82, 2.24) is 24.9 Å². The zero-order valence-corrected chi connectivity index (χ0v) is 15.2. The quantitative estimate of drug-likeness (QED) is 0.514. The van der Waals surface area contributed by atoms with Gasteiger partial charge in [0.15, 0.2) is 5.16 Å². The highest BCUT2D eigenvalue weighted by atomic mass is 32.2. The van der Waals surface area contributed by atoms with Crippen molar-refractivity contribution in [2.75, 3.05) is 0 Å². The SMILES string of the molecule is CC[C@H](Sc1n[nH]c2nc3ccccc3n12)C(=O)NCc1ccccc1. The van der Waals surface area contributed by atoms with Crippen LogP contribution in [0, 0.1) is 0 Å². The first kappa shape index (κ1) is 16.7. The number of carbonyl (C=O) groups excluding carboxylic acids is 1. The number of thioether (sulfide) groups is 1. The molecule has 2 aromatic heterocycles. The van der Waals surface area contributed by atoms with E-state index in [-0.39, 0.29) is 11.2 Å². The van der Waals surface area contributed by atoms with Gasteiger partial charge in [0.1, 0.15) is 0 Å². The summed E-state index contributed by atoms with van der Waals surface area (Å²) in [6.07, 6.45) is 0.715. The minimum atomic E-state index is -0.216. The van der Waals surface area contributed by atoms with Gasteiger partial charge in [0.2, 0.25) is 11.7 Å². The van der Waals surface area contributed by atoms with E-state index in [0.29, 0.717) is 18.7 Å². The molecule has 0 fully saturated rings. The van der Waals surface area contributed by atoms with Gasteiger partial charge in [-0.3, -0.25) is 9.20 Å². The maximum atomic E-state index is 12.6. The number of hydrogen-bond donors (Lipinski definition) is 2. The minimum absolute atomic E-state index is 0.0157. The standard InChI is InChI=1S/C19H19N5OS/c1-2-16(17(25)20-12-13-8-4-3-5-9-13)26-19-23-22-18-21-14-10-6-7-11-15(14)24(18)19/h3-11,16H,2,12H2,1H3,(H,20,25)(H,21,22)/t16-/m0/s1. The Morgan fingerprint density at radius 2 is 1.96 bits per heavy atom. The fourth-order valence-corrected chi connectivity index (χ4v) is 3.87. The highest BCUT2D eigenvalue weighted by Crippen LogP contribution is 2.27. The summed E-state index contributed by atoms with van der Waals surface area (Å²) < 4.78 is 1.97. The summed E-state index contributed by atoms with van der Waals surface area (Å²) in [5.74, 6) is 0.704. The van der Waals surface area contributed by atoms with Gasteiger partial charge in [-0.1, -0.05) is 61.2 Å². The van der Waals surface area contributed by atoms with E-state index < -0.39 is 0 Å². The van der Waals surface area contributed by atoms with Crippen molar-refractivity contribution >= 4 is 34.5 Å². The lowest BCUT2D eigenvalue weighted by Gasteiger charge is -2.13. The second-order valence-corrected chi connectivity index (χ2v) is 7.15. The molecule has 2 heterocycles. The number of benzene rings is 2. The van der Waals surface area contributed by atoms with Crippen molar-refractivity contribution in [2.45, 2.75) is 30.3 Å². The van der Waals surface area contributed by atoms with Crippen molar-refractivity contribution in [3.8, 4) is 0 Å². The van der Waals surface area contributed by atoms with Crippen molar-refractivity contribution in [2.24, 2.45) is 0 Å². The van der Waals surface area contributed by atoms with Crippen molar-refractivity contribution in [3.63, 3.8) is 0 Å². The Balaban J connectivity index is 1.53. The summed E-state index contributed by atoms with van der Waals surface area (Å²) in [4.78, 5) is 17.1. The molecule has 0 aliphatic heterocycles. The number of nitrogens with zero attached hydrogens (tertiary/aromatic N) is 3. The number of para-hydroxylation sites is 2. The van der Waals surface area contributed by atoms with Gasteiger partial charge in [-0.25, -0.2) is 10.1 Å². The second kappa shape index (κ2) is 7.21. The molecule has 0 radical (unpaired) electrons. The van der Waals surface area contributed by atoms with E-state index >= 15 is 0 Å². The normalized spacial score (nSPS) is 12.5. The molecular weight excluding hydrogens is 346 g/mol. The average molecular weight is 365 g/mol. The predicted molar refractivity (Wildman–Crippen MR) is 103 cm³/mol. The van der Waals surface area contributed by atoms with Gasteiger partial charge < -0.3 is 5.32 Å². The second-order valence-electron chi connectivity index (χ2n) is 5.98. The number of amides is 1. The molecule has 132 valence electrons. The molecule has 1 amide bonds.